The van der Waals surface area contributed by atoms with Gasteiger partial charge in [0.1, 0.15) is 28.9 Å². The Kier molecular flexibility index (Phi) is 5.13. The molecule has 1 aliphatic rings. The monoisotopic (exact) mass is 582 g/mol. The molecule has 0 radical (unpaired) electrons. The first kappa shape index (κ1) is 23.5. The van der Waals surface area contributed by atoms with Crippen LogP contribution in [0.25, 0.3) is 72.0 Å². The van der Waals surface area contributed by atoms with E-state index in [1.165, 1.54) is 11.5 Å². The maximum absolute atomic E-state index is 6.62. The number of rotatable bonds is 4. The Morgan fingerprint density at radius 2 is 1.71 bits per heavy atom. The van der Waals surface area contributed by atoms with Crippen molar-refractivity contribution in [3.63, 3.8) is 0 Å². The van der Waals surface area contributed by atoms with Crippen molar-refractivity contribution in [1.82, 2.24) is 29.5 Å². The van der Waals surface area contributed by atoms with Crippen molar-refractivity contribution in [3.8, 4) is 39.3 Å². The Morgan fingerprint density at radius 1 is 0.857 bits per heavy atom. The number of thiazole rings is 1. The summed E-state index contributed by atoms with van der Waals surface area (Å²) in [6, 6.07) is 26.0. The van der Waals surface area contributed by atoms with E-state index in [1.807, 2.05) is 78.2 Å². The molecular formula is C32H18N6O2S2. The summed E-state index contributed by atoms with van der Waals surface area (Å²) in [5, 5.41) is 7.16. The van der Waals surface area contributed by atoms with Crippen molar-refractivity contribution in [1.29, 1.82) is 0 Å². The molecule has 0 amide bonds. The number of nitrogens with one attached hydrogen (secondary N) is 1. The third-order valence-electron chi connectivity index (χ3n) is 7.37. The molecule has 4 aromatic heterocycles. The molecule has 1 atom stereocenters. The lowest BCUT2D eigenvalue weighted by atomic mass is 9.92. The molecule has 0 saturated carbocycles. The fraction of sp³-hybridized carbons (Fsp3) is 0.0312. The smallest absolute Gasteiger partial charge is 0.256 e. The molecule has 1 unspecified atom stereocenters. The molecule has 0 aliphatic carbocycles. The van der Waals surface area contributed by atoms with Crippen molar-refractivity contribution in [2.45, 2.75) is 6.10 Å². The van der Waals surface area contributed by atoms with Gasteiger partial charge in [0, 0.05) is 27.6 Å². The van der Waals surface area contributed by atoms with Gasteiger partial charge in [0.05, 0.1) is 21.3 Å². The zero-order valence-corrected chi connectivity index (χ0v) is 23.3. The van der Waals surface area contributed by atoms with Crippen LogP contribution >= 0.6 is 22.9 Å². The maximum atomic E-state index is 6.62. The van der Waals surface area contributed by atoms with E-state index >= 15 is 0 Å². The van der Waals surface area contributed by atoms with Gasteiger partial charge in [-0.05, 0) is 54.0 Å². The summed E-state index contributed by atoms with van der Waals surface area (Å²) in [4.78, 5) is 18.3. The number of aromatic nitrogens is 6. The van der Waals surface area contributed by atoms with Gasteiger partial charge in [-0.1, -0.05) is 53.0 Å². The summed E-state index contributed by atoms with van der Waals surface area (Å²) in [6.07, 6.45) is 3.67. The molecule has 1 aliphatic heterocycles. The fourth-order valence-electron chi connectivity index (χ4n) is 5.49. The van der Waals surface area contributed by atoms with E-state index in [4.69, 9.17) is 24.1 Å². The van der Waals surface area contributed by atoms with Crippen molar-refractivity contribution < 1.29 is 9.15 Å². The Balaban J connectivity index is 1.34. The van der Waals surface area contributed by atoms with Crippen LogP contribution in [0.2, 0.25) is 0 Å². The van der Waals surface area contributed by atoms with E-state index in [1.54, 1.807) is 11.3 Å². The van der Waals surface area contributed by atoms with Crippen LogP contribution in [0.1, 0.15) is 17.2 Å². The summed E-state index contributed by atoms with van der Waals surface area (Å²) in [6.45, 7) is 0. The van der Waals surface area contributed by atoms with Gasteiger partial charge in [-0.2, -0.15) is 0 Å². The number of para-hydroxylation sites is 4. The topological polar surface area (TPSA) is 103 Å². The minimum absolute atomic E-state index is 0.455. The standard InChI is InChI=1S/C32H18N6O2S2/c1-5-11-23-17(7-1)13-14-24(39-23)28-27(22-16-41-38-37-22)18(30-33-19-8-2-3-9-20(19)34-30)15-25-29(28)36-31(40-25)32-35-21-10-4-6-12-26(21)42-32/h1-16,24H,(H,33,34). The second-order valence-corrected chi connectivity index (χ2v) is 11.5. The molecule has 0 bridgehead atoms. The quantitative estimate of drug-likeness (QED) is 0.223. The molecule has 5 heterocycles. The molecule has 0 saturated heterocycles. The van der Waals surface area contributed by atoms with Crippen molar-refractivity contribution in [2.75, 3.05) is 0 Å². The van der Waals surface area contributed by atoms with Crippen LogP contribution in [0.5, 0.6) is 5.75 Å². The van der Waals surface area contributed by atoms with Gasteiger partial charge in [0.25, 0.3) is 5.89 Å². The highest BCUT2D eigenvalue weighted by Crippen LogP contribution is 2.46. The minimum Gasteiger partial charge on any atom is -0.481 e. The van der Waals surface area contributed by atoms with Gasteiger partial charge in [-0.3, -0.25) is 0 Å². The van der Waals surface area contributed by atoms with Crippen LogP contribution in [-0.4, -0.2) is 29.5 Å². The van der Waals surface area contributed by atoms with E-state index in [-0.39, 0.29) is 0 Å². The van der Waals surface area contributed by atoms with Crippen molar-refractivity contribution in [3.05, 3.63) is 101 Å². The first-order valence-electron chi connectivity index (χ1n) is 13.3. The second kappa shape index (κ2) is 9.16. The van der Waals surface area contributed by atoms with E-state index in [0.29, 0.717) is 33.5 Å². The molecule has 0 fully saturated rings. The predicted octanol–water partition coefficient (Wildman–Crippen LogP) is 8.31. The maximum Gasteiger partial charge on any atom is 0.256 e. The van der Waals surface area contributed by atoms with Crippen LogP contribution in [0, 0.1) is 0 Å². The van der Waals surface area contributed by atoms with Crippen LogP contribution in [0.3, 0.4) is 0 Å². The number of imidazole rings is 1. The van der Waals surface area contributed by atoms with Gasteiger partial charge in [0.2, 0.25) is 0 Å². The Hall–Kier alpha value is -5.19. The van der Waals surface area contributed by atoms with Gasteiger partial charge in [0.15, 0.2) is 10.6 Å². The molecule has 42 heavy (non-hydrogen) atoms. The number of H-pyrrole nitrogens is 1. The number of aromatic amines is 1. The Bertz CT molecular complexity index is 2250. The highest BCUT2D eigenvalue weighted by atomic mass is 32.1. The average molecular weight is 583 g/mol. The summed E-state index contributed by atoms with van der Waals surface area (Å²) in [5.41, 5.74) is 8.23. The van der Waals surface area contributed by atoms with Crippen molar-refractivity contribution >= 4 is 61.3 Å². The Morgan fingerprint density at radius 3 is 2.60 bits per heavy atom. The summed E-state index contributed by atoms with van der Waals surface area (Å²) in [5.74, 6) is 1.95. The number of oxazole rings is 1. The molecule has 8 aromatic rings. The fourth-order valence-corrected chi connectivity index (χ4v) is 6.82. The van der Waals surface area contributed by atoms with Crippen LogP contribution in [0.15, 0.2) is 94.7 Å². The van der Waals surface area contributed by atoms with Gasteiger partial charge in [-0.15, -0.1) is 16.4 Å². The number of hydrogen-bond acceptors (Lipinski definition) is 9. The van der Waals surface area contributed by atoms with Crippen LogP contribution in [0.4, 0.5) is 0 Å². The lowest BCUT2D eigenvalue weighted by molar-refractivity contribution is 0.253. The first-order chi connectivity index (χ1) is 20.8. The van der Waals surface area contributed by atoms with Gasteiger partial charge in [-0.25, -0.2) is 15.0 Å². The van der Waals surface area contributed by atoms with Gasteiger partial charge < -0.3 is 14.1 Å². The van der Waals surface area contributed by atoms with E-state index in [0.717, 1.165) is 49.3 Å². The lowest BCUT2D eigenvalue weighted by Crippen LogP contribution is -2.12. The summed E-state index contributed by atoms with van der Waals surface area (Å²) < 4.78 is 18.4. The van der Waals surface area contributed by atoms with Crippen molar-refractivity contribution in [2.24, 2.45) is 0 Å². The normalized spacial score (nSPS) is 14.5. The molecule has 4 aromatic carbocycles. The third-order valence-corrected chi connectivity index (χ3v) is 8.90. The number of benzene rings is 4. The number of ether oxygens (including phenoxy) is 1. The molecule has 9 rings (SSSR count). The highest BCUT2D eigenvalue weighted by Gasteiger charge is 2.30. The molecule has 8 nitrogen and oxygen atoms in total. The molecule has 10 heteroatoms. The second-order valence-electron chi connectivity index (χ2n) is 9.89. The number of hydrogen-bond donors (Lipinski definition) is 1. The molecule has 200 valence electrons. The first-order valence-corrected chi connectivity index (χ1v) is 14.9. The zero-order valence-electron chi connectivity index (χ0n) is 21.7. The van der Waals surface area contributed by atoms with Crippen LogP contribution in [-0.2, 0) is 0 Å². The molecule has 1 N–H and O–H groups in total. The predicted molar refractivity (Wildman–Crippen MR) is 165 cm³/mol. The van der Waals surface area contributed by atoms with Gasteiger partial charge >= 0.3 is 0 Å². The molecular weight excluding hydrogens is 565 g/mol. The Labute approximate surface area is 246 Å². The van der Waals surface area contributed by atoms with E-state index < -0.39 is 6.10 Å². The summed E-state index contributed by atoms with van der Waals surface area (Å²) >= 11 is 2.85. The zero-order chi connectivity index (χ0) is 27.6. The molecule has 0 spiro atoms. The van der Waals surface area contributed by atoms with Crippen LogP contribution < -0.4 is 4.74 Å². The lowest BCUT2D eigenvalue weighted by Gasteiger charge is -2.24. The third kappa shape index (κ3) is 3.69. The number of fused-ring (bicyclic) bond motifs is 4. The number of nitrogens with zero attached hydrogens (tertiary/aromatic N) is 5. The summed E-state index contributed by atoms with van der Waals surface area (Å²) in [7, 11) is 0. The highest BCUT2D eigenvalue weighted by molar-refractivity contribution is 7.21. The SMILES string of the molecule is C1=CC(c2c(-c3csnn3)c(-c3nc4ccccc4[nH]3)cc3oc(-c4nc5ccccc5s4)nc23)Oc2ccccc21. The minimum atomic E-state index is -0.461. The largest absolute Gasteiger partial charge is 0.481 e. The average Bonchev–Trinajstić information content (AvgIpc) is 3.84. The van der Waals surface area contributed by atoms with E-state index in [9.17, 15) is 0 Å². The van der Waals surface area contributed by atoms with E-state index in [2.05, 4.69) is 32.8 Å².